The quantitative estimate of drug-likeness (QED) is 0.604. The molecule has 0 atom stereocenters. The number of hydrogen-bond acceptors (Lipinski definition) is 2. The number of unbranched alkanes of at least 4 members (excludes halogenated alkanes) is 1. The molecule has 0 fully saturated rings. The first-order valence-corrected chi connectivity index (χ1v) is 6.05. The minimum Gasteiger partial charge on any atom is -0.493 e. The van der Waals surface area contributed by atoms with Gasteiger partial charge in [0.15, 0.2) is 0 Å². The Morgan fingerprint density at radius 1 is 1.47 bits per heavy atom. The molecule has 80 valence electrons. The van der Waals surface area contributed by atoms with E-state index in [4.69, 9.17) is 10.00 Å². The molecule has 15 heavy (non-hydrogen) atoms. The summed E-state index contributed by atoms with van der Waals surface area (Å²) >= 11 is 3.43. The van der Waals surface area contributed by atoms with Gasteiger partial charge in [-0.05, 0) is 19.4 Å². The molecule has 2 nitrogen and oxygen atoms in total. The highest BCUT2D eigenvalue weighted by molar-refractivity contribution is 9.08. The third kappa shape index (κ3) is 3.93. The second-order valence-corrected chi connectivity index (χ2v) is 3.92. The molecule has 0 bridgehead atoms. The minimum atomic E-state index is 0.551. The first-order chi connectivity index (χ1) is 7.27. The van der Waals surface area contributed by atoms with Crippen molar-refractivity contribution >= 4 is 15.9 Å². The van der Waals surface area contributed by atoms with Crippen LogP contribution in [-0.4, -0.2) is 6.61 Å². The summed E-state index contributed by atoms with van der Waals surface area (Å²) in [7, 11) is 0. The minimum absolute atomic E-state index is 0.551. The van der Waals surface area contributed by atoms with Crippen LogP contribution in [0.15, 0.2) is 18.2 Å². The fourth-order valence-electron chi connectivity index (χ4n) is 1.29. The van der Waals surface area contributed by atoms with Gasteiger partial charge in [0.2, 0.25) is 0 Å². The lowest BCUT2D eigenvalue weighted by atomic mass is 10.1. The van der Waals surface area contributed by atoms with Gasteiger partial charge in [-0.1, -0.05) is 33.6 Å². The van der Waals surface area contributed by atoms with Gasteiger partial charge in [0.25, 0.3) is 0 Å². The lowest BCUT2D eigenvalue weighted by Gasteiger charge is -2.09. The molecule has 0 aliphatic heterocycles. The summed E-state index contributed by atoms with van der Waals surface area (Å²) < 4.78 is 5.60. The average molecular weight is 268 g/mol. The van der Waals surface area contributed by atoms with E-state index in [-0.39, 0.29) is 0 Å². The molecule has 0 N–H and O–H groups in total. The fraction of sp³-hybridized carbons (Fsp3) is 0.417. The first kappa shape index (κ1) is 12.1. The number of nitrogens with zero attached hydrogens (tertiary/aromatic N) is 1. The number of halogens is 1. The van der Waals surface area contributed by atoms with Crippen molar-refractivity contribution in [1.82, 2.24) is 0 Å². The molecule has 0 saturated heterocycles. The predicted molar refractivity (Wildman–Crippen MR) is 64.2 cm³/mol. The van der Waals surface area contributed by atoms with E-state index < -0.39 is 0 Å². The van der Waals surface area contributed by atoms with Crippen molar-refractivity contribution in [3.63, 3.8) is 0 Å². The van der Waals surface area contributed by atoms with Crippen LogP contribution >= 0.6 is 15.9 Å². The van der Waals surface area contributed by atoms with E-state index >= 15 is 0 Å². The van der Waals surface area contributed by atoms with Crippen LogP contribution in [0.1, 0.15) is 24.0 Å². The lowest BCUT2D eigenvalue weighted by Crippen LogP contribution is -1.99. The Bertz CT molecular complexity index is 357. The maximum absolute atomic E-state index is 8.39. The van der Waals surface area contributed by atoms with Gasteiger partial charge in [-0.2, -0.15) is 5.26 Å². The van der Waals surface area contributed by atoms with Crippen LogP contribution < -0.4 is 4.74 Å². The Labute approximate surface area is 99.0 Å². The molecule has 0 aliphatic rings. The van der Waals surface area contributed by atoms with Crippen LogP contribution in [0.5, 0.6) is 5.75 Å². The molecule has 3 heteroatoms. The van der Waals surface area contributed by atoms with Gasteiger partial charge >= 0.3 is 0 Å². The molecule has 0 radical (unpaired) electrons. The van der Waals surface area contributed by atoms with Crippen LogP contribution in [0.4, 0.5) is 0 Å². The second kappa shape index (κ2) is 6.47. The number of aryl methyl sites for hydroxylation is 1. The van der Waals surface area contributed by atoms with Crippen LogP contribution in [0.3, 0.4) is 0 Å². The standard InChI is InChI=1S/C12H14BrNO/c1-10-4-5-12(11(8-10)9-13)15-7-3-2-6-14/h4-5,8H,2-3,7,9H2,1H3. The zero-order valence-corrected chi connectivity index (χ0v) is 10.4. The van der Waals surface area contributed by atoms with Crippen LogP contribution in [0.2, 0.25) is 0 Å². The van der Waals surface area contributed by atoms with Crippen molar-refractivity contribution in [3.05, 3.63) is 29.3 Å². The molecule has 0 spiro atoms. The number of hydrogen-bond donors (Lipinski definition) is 0. The number of benzene rings is 1. The third-order valence-corrected chi connectivity index (χ3v) is 2.65. The summed E-state index contributed by atoms with van der Waals surface area (Å²) in [6.07, 6.45) is 1.33. The van der Waals surface area contributed by atoms with E-state index in [1.165, 1.54) is 5.56 Å². The number of alkyl halides is 1. The van der Waals surface area contributed by atoms with Crippen LogP contribution in [0, 0.1) is 18.3 Å². The fourth-order valence-corrected chi connectivity index (χ4v) is 1.73. The average Bonchev–Trinajstić information content (AvgIpc) is 2.26. The monoisotopic (exact) mass is 267 g/mol. The van der Waals surface area contributed by atoms with Crippen LogP contribution in [0.25, 0.3) is 0 Å². The summed E-state index contributed by atoms with van der Waals surface area (Å²) in [5.41, 5.74) is 2.39. The normalized spacial score (nSPS) is 9.67. The van der Waals surface area contributed by atoms with Crippen molar-refractivity contribution in [3.8, 4) is 11.8 Å². The van der Waals surface area contributed by atoms with E-state index in [1.54, 1.807) is 0 Å². The van der Waals surface area contributed by atoms with Gasteiger partial charge in [-0.3, -0.25) is 0 Å². The Kier molecular flexibility index (Phi) is 5.20. The summed E-state index contributed by atoms with van der Waals surface area (Å²) in [5.74, 6) is 0.912. The summed E-state index contributed by atoms with van der Waals surface area (Å²) in [6, 6.07) is 8.23. The molecular formula is C12H14BrNO. The molecule has 1 aromatic rings. The molecule has 0 saturated carbocycles. The Hall–Kier alpha value is -1.01. The predicted octanol–water partition coefficient (Wildman–Crippen LogP) is 3.57. The van der Waals surface area contributed by atoms with Gasteiger partial charge < -0.3 is 4.74 Å². The van der Waals surface area contributed by atoms with E-state index in [1.807, 2.05) is 12.1 Å². The van der Waals surface area contributed by atoms with E-state index in [0.717, 1.165) is 23.1 Å². The summed E-state index contributed by atoms with van der Waals surface area (Å²) in [5, 5.41) is 9.18. The van der Waals surface area contributed by atoms with Crippen molar-refractivity contribution in [1.29, 1.82) is 5.26 Å². The maximum Gasteiger partial charge on any atom is 0.123 e. The third-order valence-electron chi connectivity index (χ3n) is 2.05. The number of ether oxygens (including phenoxy) is 1. The zero-order valence-electron chi connectivity index (χ0n) is 8.79. The van der Waals surface area contributed by atoms with E-state index in [9.17, 15) is 0 Å². The van der Waals surface area contributed by atoms with Crippen LogP contribution in [-0.2, 0) is 5.33 Å². The Balaban J connectivity index is 2.57. The van der Waals surface area contributed by atoms with Gasteiger partial charge in [0.05, 0.1) is 12.7 Å². The lowest BCUT2D eigenvalue weighted by molar-refractivity contribution is 0.310. The maximum atomic E-state index is 8.39. The first-order valence-electron chi connectivity index (χ1n) is 4.93. The van der Waals surface area contributed by atoms with Crippen molar-refractivity contribution in [2.45, 2.75) is 25.1 Å². The molecule has 1 aromatic carbocycles. The molecule has 0 unspecified atom stereocenters. The van der Waals surface area contributed by atoms with Crippen molar-refractivity contribution in [2.24, 2.45) is 0 Å². The highest BCUT2D eigenvalue weighted by Crippen LogP contribution is 2.22. The Morgan fingerprint density at radius 3 is 2.93 bits per heavy atom. The topological polar surface area (TPSA) is 33.0 Å². The number of rotatable bonds is 5. The summed E-state index contributed by atoms with van der Waals surface area (Å²) in [4.78, 5) is 0. The molecule has 0 heterocycles. The van der Waals surface area contributed by atoms with Crippen molar-refractivity contribution in [2.75, 3.05) is 6.61 Å². The smallest absolute Gasteiger partial charge is 0.123 e. The zero-order chi connectivity index (χ0) is 11.1. The molecule has 1 rings (SSSR count). The largest absolute Gasteiger partial charge is 0.493 e. The van der Waals surface area contributed by atoms with Gasteiger partial charge in [-0.15, -0.1) is 0 Å². The molecular weight excluding hydrogens is 254 g/mol. The van der Waals surface area contributed by atoms with E-state index in [0.29, 0.717) is 13.0 Å². The molecule has 0 amide bonds. The van der Waals surface area contributed by atoms with Crippen molar-refractivity contribution < 1.29 is 4.74 Å². The SMILES string of the molecule is Cc1ccc(OCCCC#N)c(CBr)c1. The molecule has 0 aromatic heterocycles. The highest BCUT2D eigenvalue weighted by atomic mass is 79.9. The second-order valence-electron chi connectivity index (χ2n) is 3.35. The van der Waals surface area contributed by atoms with Gasteiger partial charge in [0, 0.05) is 17.3 Å². The summed E-state index contributed by atoms with van der Waals surface area (Å²) in [6.45, 7) is 2.67. The highest BCUT2D eigenvalue weighted by Gasteiger charge is 2.02. The number of nitriles is 1. The van der Waals surface area contributed by atoms with E-state index in [2.05, 4.69) is 35.0 Å². The molecule has 0 aliphatic carbocycles. The van der Waals surface area contributed by atoms with Gasteiger partial charge in [0.1, 0.15) is 5.75 Å². The Morgan fingerprint density at radius 2 is 2.27 bits per heavy atom. The van der Waals surface area contributed by atoms with Gasteiger partial charge in [-0.25, -0.2) is 0 Å².